The largest absolute Gasteiger partial charge is 0.411 e. The van der Waals surface area contributed by atoms with Crippen molar-refractivity contribution in [2.45, 2.75) is 144 Å². The van der Waals surface area contributed by atoms with E-state index in [0.29, 0.717) is 89.5 Å². The van der Waals surface area contributed by atoms with Gasteiger partial charge in [0.2, 0.25) is 41.4 Å². The first-order chi connectivity index (χ1) is 41.0. The number of nitrogens with zero attached hydrogens (tertiary/aromatic N) is 2. The fourth-order valence-electron chi connectivity index (χ4n) is 7.16. The molecule has 0 fully saturated rings. The second-order valence-electron chi connectivity index (χ2n) is 21.1. The summed E-state index contributed by atoms with van der Waals surface area (Å²) >= 11 is 0. The number of nitrogens with two attached hydrogens (primary N) is 1. The maximum absolute atomic E-state index is 12.9. The second-order valence-corrected chi connectivity index (χ2v) is 21.1. The molecule has 0 heterocycles. The van der Waals surface area contributed by atoms with Gasteiger partial charge in [0.1, 0.15) is 26.4 Å². The molecule has 87 heavy (non-hydrogen) atoms. The molecule has 0 rings (SSSR count). The molecule has 504 valence electrons. The number of hydrogen-bond acceptors (Lipinski definition) is 23. The van der Waals surface area contributed by atoms with Gasteiger partial charge in [-0.05, 0) is 80.6 Å². The number of rotatable bonds is 58. The van der Waals surface area contributed by atoms with Crippen LogP contribution in [-0.4, -0.2) is 243 Å². The lowest BCUT2D eigenvalue weighted by Crippen LogP contribution is -2.57. The molecule has 30 heteroatoms. The molecule has 0 aromatic rings. The number of carbonyl (C=O) groups excluding carboxylic acids is 9. The van der Waals surface area contributed by atoms with Crippen molar-refractivity contribution in [3.05, 3.63) is 0 Å². The average Bonchev–Trinajstić information content (AvgIpc) is 3.68. The third-order valence-electron chi connectivity index (χ3n) is 12.9. The van der Waals surface area contributed by atoms with Gasteiger partial charge in [-0.3, -0.25) is 43.2 Å². The van der Waals surface area contributed by atoms with Crippen LogP contribution in [0.25, 0.3) is 0 Å². The average molecular weight is 1250 g/mol. The minimum Gasteiger partial charge on any atom is -0.411 e. The maximum atomic E-state index is 12.9. The Kier molecular flexibility index (Phi) is 50.9. The summed E-state index contributed by atoms with van der Waals surface area (Å²) in [7, 11) is 0. The molecule has 0 bridgehead atoms. The molecule has 0 spiro atoms. The third kappa shape index (κ3) is 49.8. The van der Waals surface area contributed by atoms with E-state index in [4.69, 9.17) is 43.6 Å². The normalized spacial score (nSPS) is 12.2. The Labute approximate surface area is 514 Å². The van der Waals surface area contributed by atoms with Crippen molar-refractivity contribution in [2.24, 2.45) is 22.0 Å². The van der Waals surface area contributed by atoms with Gasteiger partial charge in [-0.25, -0.2) is 0 Å². The topological polar surface area (TPSA) is 415 Å². The van der Waals surface area contributed by atoms with Gasteiger partial charge in [0.25, 0.3) is 0 Å². The maximum Gasteiger partial charge on any atom is 0.246 e. The van der Waals surface area contributed by atoms with E-state index < -0.39 is 22.9 Å². The van der Waals surface area contributed by atoms with Gasteiger partial charge >= 0.3 is 0 Å². The van der Waals surface area contributed by atoms with Crippen molar-refractivity contribution in [2.75, 3.05) is 152 Å². The monoisotopic (exact) mass is 1250 g/mol. The fraction of sp³-hybridized carbons (Fsp3) is 0.807. The second kappa shape index (κ2) is 53.2. The van der Waals surface area contributed by atoms with Crippen LogP contribution in [-0.2, 0) is 81.0 Å². The van der Waals surface area contributed by atoms with Crippen LogP contribution < -0.4 is 48.3 Å². The highest BCUT2D eigenvalue weighted by atomic mass is 16.5. The van der Waals surface area contributed by atoms with Crippen LogP contribution in [0.3, 0.4) is 0 Å². The van der Waals surface area contributed by atoms with E-state index in [1.807, 2.05) is 27.7 Å². The van der Waals surface area contributed by atoms with Crippen LogP contribution in [0.15, 0.2) is 10.3 Å². The summed E-state index contributed by atoms with van der Waals surface area (Å²) < 4.78 is 42.6. The van der Waals surface area contributed by atoms with Gasteiger partial charge in [-0.1, -0.05) is 24.2 Å². The van der Waals surface area contributed by atoms with Gasteiger partial charge in [-0.15, -0.1) is 0 Å². The zero-order valence-electron chi connectivity index (χ0n) is 52.0. The van der Waals surface area contributed by atoms with Crippen LogP contribution in [0, 0.1) is 5.92 Å². The van der Waals surface area contributed by atoms with E-state index in [-0.39, 0.29) is 205 Å². The van der Waals surface area contributed by atoms with Crippen LogP contribution >= 0.6 is 0 Å². The minimum absolute atomic E-state index is 0. The number of nitrogens with one attached hydrogen (secondary N) is 8. The lowest BCUT2D eigenvalue weighted by Gasteiger charge is -2.32. The van der Waals surface area contributed by atoms with Crippen LogP contribution in [0.2, 0.25) is 0 Å². The lowest BCUT2D eigenvalue weighted by molar-refractivity contribution is -0.127. The molecule has 0 unspecified atom stereocenters. The molecule has 1 atom stereocenters. The van der Waals surface area contributed by atoms with E-state index in [9.17, 15) is 53.6 Å². The summed E-state index contributed by atoms with van der Waals surface area (Å²) in [6.07, 6.45) is 3.31. The van der Waals surface area contributed by atoms with Gasteiger partial charge in [0.15, 0.2) is 11.6 Å². The molecular weight excluding hydrogens is 1140 g/mol. The molecule has 7 amide bonds. The predicted molar refractivity (Wildman–Crippen MR) is 323 cm³/mol. The fourth-order valence-corrected chi connectivity index (χ4v) is 7.16. The van der Waals surface area contributed by atoms with E-state index in [2.05, 4.69) is 52.8 Å². The molecule has 0 saturated carbocycles. The number of amides is 7. The molecule has 0 aliphatic carbocycles. The number of ether oxygens (including phenoxy) is 8. The summed E-state index contributed by atoms with van der Waals surface area (Å²) in [6, 6.07) is -0.390. The summed E-state index contributed by atoms with van der Waals surface area (Å²) in [6.45, 7) is 16.7. The Morgan fingerprint density at radius 3 is 1.17 bits per heavy atom. The Balaban J connectivity index is 0. The van der Waals surface area contributed by atoms with E-state index in [1.165, 1.54) is 6.92 Å². The lowest BCUT2D eigenvalue weighted by atomic mass is 9.95. The number of carbonyl (C=O) groups is 9. The van der Waals surface area contributed by atoms with E-state index >= 15 is 0 Å². The highest BCUT2D eigenvalue weighted by Crippen LogP contribution is 2.15. The molecule has 0 radical (unpaired) electrons. The highest BCUT2D eigenvalue weighted by molar-refractivity contribution is 5.90. The first-order valence-corrected chi connectivity index (χ1v) is 29.5. The molecule has 0 aliphatic rings. The summed E-state index contributed by atoms with van der Waals surface area (Å²) in [5.74, 6) is -2.79. The van der Waals surface area contributed by atoms with Crippen molar-refractivity contribution >= 4 is 64.3 Å². The summed E-state index contributed by atoms with van der Waals surface area (Å²) in [5, 5.41) is 48.2. The minimum atomic E-state index is -0.652. The van der Waals surface area contributed by atoms with Crippen molar-refractivity contribution in [1.29, 1.82) is 0 Å². The van der Waals surface area contributed by atoms with Crippen molar-refractivity contribution in [1.82, 2.24) is 42.5 Å². The van der Waals surface area contributed by atoms with Crippen molar-refractivity contribution in [3.8, 4) is 0 Å². The zero-order chi connectivity index (χ0) is 64.3. The van der Waals surface area contributed by atoms with Gasteiger partial charge in [0.05, 0.1) is 108 Å². The number of oxime groups is 2. The first kappa shape index (κ1) is 83.2. The van der Waals surface area contributed by atoms with Crippen LogP contribution in [0.5, 0.6) is 0 Å². The zero-order valence-corrected chi connectivity index (χ0v) is 52.0. The number of hydrogen-bond donors (Lipinski definition) is 11. The summed E-state index contributed by atoms with van der Waals surface area (Å²) in [5.41, 5.74) is 5.23. The molecule has 12 N–H and O–H groups in total. The molecule has 30 nitrogen and oxygen atoms in total. The number of Topliss-reactive ketones (excluding diaryl/α,β-unsaturated/α-hetero) is 2. The summed E-state index contributed by atoms with van der Waals surface area (Å²) in [4.78, 5) is 109. The molecule has 0 saturated heterocycles. The number of primary amides is 1. The Bertz CT molecular complexity index is 1980. The van der Waals surface area contributed by atoms with Crippen LogP contribution in [0.4, 0.5) is 0 Å². The van der Waals surface area contributed by atoms with E-state index in [1.54, 1.807) is 13.8 Å². The Morgan fingerprint density at radius 2 is 0.782 bits per heavy atom. The molecule has 0 aromatic heterocycles. The predicted octanol–water partition coefficient (Wildman–Crippen LogP) is -0.192. The smallest absolute Gasteiger partial charge is 0.246 e. The highest BCUT2D eigenvalue weighted by Gasteiger charge is 2.27. The van der Waals surface area contributed by atoms with Gasteiger partial charge < -0.3 is 96.6 Å². The van der Waals surface area contributed by atoms with Crippen molar-refractivity contribution in [3.63, 3.8) is 0 Å². The number of ketones is 2. The molecule has 0 aliphatic heterocycles. The van der Waals surface area contributed by atoms with E-state index in [0.717, 1.165) is 0 Å². The number of unbranched alkanes of at least 4 members (excludes halogenated alkanes) is 1. The molecular formula is C57H107N11O19. The quantitative estimate of drug-likeness (QED) is 0.0163. The standard InChI is InChI=1S/C56H103N11O19.CH4/c1-42(68)38-83-32-28-81-26-22-61-52(74)40-85-34-30-79-24-20-59-49(71)13-10-14-50(72)60-21-25-80-31-35-86-41-53(75)62-23-27-82-29-33-84-39-47(69)18-17-45(54(57)76)12-8-9-19-58-48(70)15-11-16-51(73)65-46(36-63-55(4,5)43(2)66-77)37-64-56(6,7)44(3)67-78;/h45-46,63-64,77-78H,8-41H2,1-7H3,(H2,57,76)(H,58,70)(H,59,71)(H,60,72)(H,61,74)(H,62,75)(H,65,73);1H4/b66-43+,67-44+;/t45-;/m1./s1. The molecule has 0 aromatic carbocycles. The van der Waals surface area contributed by atoms with Gasteiger partial charge in [0, 0.05) is 83.8 Å². The van der Waals surface area contributed by atoms with Crippen LogP contribution in [0.1, 0.15) is 127 Å². The van der Waals surface area contributed by atoms with Crippen molar-refractivity contribution < 1.29 is 91.5 Å². The Hall–Kier alpha value is -5.83. The van der Waals surface area contributed by atoms with Gasteiger partial charge in [-0.2, -0.15) is 0 Å². The first-order valence-electron chi connectivity index (χ1n) is 29.5. The Morgan fingerprint density at radius 1 is 0.425 bits per heavy atom. The SMILES string of the molecule is C.CC(=O)COCCOCCNC(=O)COCCOCCNC(=O)CCCC(=O)NCCOCCOCC(=O)NCCOCCOCC(=O)CC[C@@H](CCCCNC(=O)CCCC(=O)NC(CNC(C)(C)/C(C)=N/O)CNC(C)(C)/C(C)=N/O)C(N)=O. The third-order valence-corrected chi connectivity index (χ3v) is 12.9.